The monoisotopic (exact) mass is 396 g/mol. The Morgan fingerprint density at radius 2 is 1.76 bits per heavy atom. The Morgan fingerprint density at radius 3 is 2.41 bits per heavy atom. The summed E-state index contributed by atoms with van der Waals surface area (Å²) in [7, 11) is 0. The molecule has 1 aromatic rings. The molecule has 29 heavy (non-hydrogen) atoms. The van der Waals surface area contributed by atoms with E-state index in [1.54, 1.807) is 12.4 Å². The van der Waals surface area contributed by atoms with Gasteiger partial charge in [0.25, 0.3) is 0 Å². The predicted molar refractivity (Wildman–Crippen MR) is 108 cm³/mol. The Kier molecular flexibility index (Phi) is 4.28. The van der Waals surface area contributed by atoms with Crippen LogP contribution in [-0.4, -0.2) is 47.7 Å². The van der Waals surface area contributed by atoms with Crippen molar-refractivity contribution >= 4 is 5.91 Å². The van der Waals surface area contributed by atoms with Crippen molar-refractivity contribution in [3.63, 3.8) is 0 Å². The van der Waals surface area contributed by atoms with Crippen LogP contribution in [0.3, 0.4) is 0 Å². The molecular weight excluding hydrogens is 364 g/mol. The van der Waals surface area contributed by atoms with Crippen LogP contribution in [0, 0.1) is 29.1 Å². The zero-order chi connectivity index (χ0) is 19.5. The molecule has 6 aliphatic rings. The highest BCUT2D eigenvalue weighted by Crippen LogP contribution is 2.61. The third-order valence-corrected chi connectivity index (χ3v) is 8.63. The number of pyridine rings is 1. The summed E-state index contributed by atoms with van der Waals surface area (Å²) in [5.41, 5.74) is 0.971. The first kappa shape index (κ1) is 18.3. The lowest BCUT2D eigenvalue weighted by atomic mass is 9.49. The van der Waals surface area contributed by atoms with E-state index >= 15 is 0 Å². The topological polar surface area (TPSA) is 51.7 Å². The summed E-state index contributed by atoms with van der Waals surface area (Å²) in [6, 6.07) is 3.99. The smallest absolute Gasteiger partial charge is 0.229 e. The van der Waals surface area contributed by atoms with Gasteiger partial charge in [-0.1, -0.05) is 0 Å². The van der Waals surface area contributed by atoms with Crippen LogP contribution in [0.1, 0.15) is 50.5 Å². The summed E-state index contributed by atoms with van der Waals surface area (Å²) < 4.78 is 12.2. The van der Waals surface area contributed by atoms with Crippen LogP contribution in [0.4, 0.5) is 0 Å². The molecule has 4 saturated carbocycles. The van der Waals surface area contributed by atoms with Crippen molar-refractivity contribution in [1.82, 2.24) is 9.88 Å². The molecule has 1 spiro atoms. The molecule has 6 fully saturated rings. The highest BCUT2D eigenvalue weighted by Gasteiger charge is 2.60. The number of hydrogen-bond donors (Lipinski definition) is 0. The standard InChI is InChI=1S/C24H32N2O3/c27-22(23-10-18-7-19(11-23)9-20(8-18)12-23)26-15-24(16-26)21(3-6-29-24)14-28-13-17-1-4-25-5-2-17/h1-2,4-5,18-21H,3,6-16H2/t18?,19?,20?,21-,23?/m0/s1. The molecule has 2 aliphatic heterocycles. The van der Waals surface area contributed by atoms with Crippen LogP contribution in [0.25, 0.3) is 0 Å². The summed E-state index contributed by atoms with van der Waals surface area (Å²) in [6.45, 7) is 3.67. The summed E-state index contributed by atoms with van der Waals surface area (Å²) in [4.78, 5) is 19.7. The third kappa shape index (κ3) is 3.04. The maximum absolute atomic E-state index is 13.6. The largest absolute Gasteiger partial charge is 0.376 e. The summed E-state index contributed by atoms with van der Waals surface area (Å²) in [6.07, 6.45) is 12.3. The average molecular weight is 397 g/mol. The summed E-state index contributed by atoms with van der Waals surface area (Å²) in [5.74, 6) is 3.30. The van der Waals surface area contributed by atoms with Crippen molar-refractivity contribution in [2.45, 2.75) is 57.2 Å². The number of nitrogens with zero attached hydrogens (tertiary/aromatic N) is 2. The highest BCUT2D eigenvalue weighted by atomic mass is 16.5. The highest BCUT2D eigenvalue weighted by molar-refractivity contribution is 5.84. The Morgan fingerprint density at radius 1 is 1.10 bits per heavy atom. The van der Waals surface area contributed by atoms with E-state index in [2.05, 4.69) is 9.88 Å². The molecule has 2 saturated heterocycles. The molecule has 5 heteroatoms. The minimum Gasteiger partial charge on any atom is -0.376 e. The lowest BCUT2D eigenvalue weighted by Crippen LogP contribution is -2.69. The van der Waals surface area contributed by atoms with Crippen LogP contribution < -0.4 is 0 Å². The maximum atomic E-state index is 13.6. The van der Waals surface area contributed by atoms with Crippen molar-refractivity contribution < 1.29 is 14.3 Å². The molecule has 0 aromatic carbocycles. The van der Waals surface area contributed by atoms with Crippen LogP contribution >= 0.6 is 0 Å². The van der Waals surface area contributed by atoms with Crippen molar-refractivity contribution in [2.24, 2.45) is 29.1 Å². The van der Waals surface area contributed by atoms with Gasteiger partial charge in [-0.3, -0.25) is 9.78 Å². The van der Waals surface area contributed by atoms with Gasteiger partial charge >= 0.3 is 0 Å². The van der Waals surface area contributed by atoms with E-state index in [4.69, 9.17) is 9.47 Å². The number of carbonyl (C=O) groups excluding carboxylic acids is 1. The van der Waals surface area contributed by atoms with Gasteiger partial charge in [0.2, 0.25) is 5.91 Å². The molecule has 5 nitrogen and oxygen atoms in total. The quantitative estimate of drug-likeness (QED) is 0.765. The molecular formula is C24H32N2O3. The number of carbonyl (C=O) groups is 1. The van der Waals surface area contributed by atoms with Gasteiger partial charge in [0.05, 0.1) is 31.7 Å². The Labute approximate surface area is 173 Å². The second kappa shape index (κ2) is 6.78. The number of likely N-dealkylation sites (tertiary alicyclic amines) is 1. The van der Waals surface area contributed by atoms with E-state index in [1.807, 2.05) is 12.1 Å². The van der Waals surface area contributed by atoms with Crippen molar-refractivity contribution in [3.8, 4) is 0 Å². The Bertz CT molecular complexity index is 738. The molecule has 3 heterocycles. The van der Waals surface area contributed by atoms with Crippen molar-refractivity contribution in [1.29, 1.82) is 0 Å². The van der Waals surface area contributed by atoms with Crippen molar-refractivity contribution in [3.05, 3.63) is 30.1 Å². The molecule has 0 N–H and O–H groups in total. The van der Waals surface area contributed by atoms with Crippen molar-refractivity contribution in [2.75, 3.05) is 26.3 Å². The van der Waals surface area contributed by atoms with E-state index in [0.29, 0.717) is 25.0 Å². The van der Waals surface area contributed by atoms with Gasteiger partial charge in [-0.25, -0.2) is 0 Å². The van der Waals surface area contributed by atoms with E-state index in [9.17, 15) is 4.79 Å². The fraction of sp³-hybridized carbons (Fsp3) is 0.750. The zero-order valence-electron chi connectivity index (χ0n) is 17.2. The number of hydrogen-bond acceptors (Lipinski definition) is 4. The van der Waals surface area contributed by atoms with Gasteiger partial charge in [0, 0.05) is 24.9 Å². The first-order valence-corrected chi connectivity index (χ1v) is 11.5. The minimum atomic E-state index is -0.157. The Hall–Kier alpha value is -1.46. The first-order valence-electron chi connectivity index (χ1n) is 11.5. The molecule has 4 aliphatic carbocycles. The summed E-state index contributed by atoms with van der Waals surface area (Å²) >= 11 is 0. The normalized spacial score (nSPS) is 39.1. The fourth-order valence-corrected chi connectivity index (χ4v) is 7.62. The zero-order valence-corrected chi connectivity index (χ0v) is 17.2. The fourth-order valence-electron chi connectivity index (χ4n) is 7.62. The van der Waals surface area contributed by atoms with Gasteiger partial charge in [-0.05, 0) is 80.4 Å². The van der Waals surface area contributed by atoms with E-state index in [0.717, 1.165) is 68.7 Å². The second-order valence-electron chi connectivity index (χ2n) is 10.6. The summed E-state index contributed by atoms with van der Waals surface area (Å²) in [5, 5.41) is 0. The van der Waals surface area contributed by atoms with Crippen LogP contribution in [-0.2, 0) is 20.9 Å². The molecule has 1 aromatic heterocycles. The molecule has 0 unspecified atom stereocenters. The molecule has 7 rings (SSSR count). The van der Waals surface area contributed by atoms with E-state index in [-0.39, 0.29) is 11.0 Å². The van der Waals surface area contributed by atoms with Gasteiger partial charge in [-0.2, -0.15) is 0 Å². The number of amides is 1. The number of ether oxygens (including phenoxy) is 2. The Balaban J connectivity index is 1.07. The third-order valence-electron chi connectivity index (χ3n) is 8.63. The number of aromatic nitrogens is 1. The molecule has 4 bridgehead atoms. The molecule has 156 valence electrons. The van der Waals surface area contributed by atoms with Gasteiger partial charge < -0.3 is 14.4 Å². The van der Waals surface area contributed by atoms with Crippen LogP contribution in [0.15, 0.2) is 24.5 Å². The van der Waals surface area contributed by atoms with E-state index in [1.165, 1.54) is 19.3 Å². The predicted octanol–water partition coefficient (Wildman–Crippen LogP) is 3.43. The van der Waals surface area contributed by atoms with Gasteiger partial charge in [0.15, 0.2) is 0 Å². The van der Waals surface area contributed by atoms with Gasteiger partial charge in [-0.15, -0.1) is 0 Å². The first-order chi connectivity index (χ1) is 14.1. The lowest BCUT2D eigenvalue weighted by Gasteiger charge is -2.59. The molecule has 1 amide bonds. The second-order valence-corrected chi connectivity index (χ2v) is 10.6. The lowest BCUT2D eigenvalue weighted by molar-refractivity contribution is -0.188. The number of rotatable bonds is 5. The maximum Gasteiger partial charge on any atom is 0.229 e. The molecule has 0 radical (unpaired) electrons. The van der Waals surface area contributed by atoms with Crippen LogP contribution in [0.5, 0.6) is 0 Å². The minimum absolute atomic E-state index is 0.0255. The van der Waals surface area contributed by atoms with Gasteiger partial charge in [0.1, 0.15) is 5.60 Å². The van der Waals surface area contributed by atoms with E-state index < -0.39 is 0 Å². The SMILES string of the molecule is O=C(N1CC2(C1)OCC[C@H]2COCc1ccncc1)C12CC3CC(CC(C3)C1)C2. The molecule has 1 atom stereocenters. The average Bonchev–Trinajstić information content (AvgIpc) is 3.10. The van der Waals surface area contributed by atoms with Crippen LogP contribution in [0.2, 0.25) is 0 Å².